The molecule has 0 heterocycles. The van der Waals surface area contributed by atoms with Crippen molar-refractivity contribution < 1.29 is 13.2 Å². The number of anilines is 1. The van der Waals surface area contributed by atoms with E-state index in [1.807, 2.05) is 37.4 Å². The lowest BCUT2D eigenvalue weighted by Gasteiger charge is -2.23. The summed E-state index contributed by atoms with van der Waals surface area (Å²) in [6, 6.07) is 22.7. The smallest absolute Gasteiger partial charge is 0.264 e. The first-order valence-corrected chi connectivity index (χ1v) is 12.2. The van der Waals surface area contributed by atoms with E-state index in [9.17, 15) is 13.2 Å². The quantitative estimate of drug-likeness (QED) is 0.317. The van der Waals surface area contributed by atoms with Gasteiger partial charge in [-0.05, 0) is 55.1 Å². The molecule has 3 aromatic rings. The Morgan fingerprint density at radius 3 is 2.26 bits per heavy atom. The van der Waals surface area contributed by atoms with Crippen molar-refractivity contribution >= 4 is 39.6 Å². The molecule has 1 amide bonds. The van der Waals surface area contributed by atoms with Crippen LogP contribution in [0.25, 0.3) is 0 Å². The minimum absolute atomic E-state index is 0.112. The Morgan fingerprint density at radius 1 is 1.00 bits per heavy atom. The first-order chi connectivity index (χ1) is 14.9. The van der Waals surface area contributed by atoms with E-state index in [0.717, 1.165) is 20.3 Å². The van der Waals surface area contributed by atoms with Crippen molar-refractivity contribution in [1.29, 1.82) is 0 Å². The highest BCUT2D eigenvalue weighted by Crippen LogP contribution is 2.23. The van der Waals surface area contributed by atoms with Gasteiger partial charge in [0.05, 0.1) is 16.8 Å². The van der Waals surface area contributed by atoms with Gasteiger partial charge in [0, 0.05) is 4.90 Å². The van der Waals surface area contributed by atoms with E-state index in [-0.39, 0.29) is 4.90 Å². The number of hydrazone groups is 1. The maximum atomic E-state index is 13.2. The Hall–Kier alpha value is -3.10. The summed E-state index contributed by atoms with van der Waals surface area (Å²) in [7, 11) is -3.93. The van der Waals surface area contributed by atoms with Gasteiger partial charge in [-0.1, -0.05) is 48.0 Å². The number of carbonyl (C=O) groups is 1. The van der Waals surface area contributed by atoms with Crippen LogP contribution in [0.3, 0.4) is 0 Å². The summed E-state index contributed by atoms with van der Waals surface area (Å²) in [6.07, 6.45) is 3.51. The van der Waals surface area contributed by atoms with Gasteiger partial charge in [0.25, 0.3) is 15.9 Å². The number of nitrogens with one attached hydrogen (secondary N) is 1. The lowest BCUT2D eigenvalue weighted by Crippen LogP contribution is -2.39. The van der Waals surface area contributed by atoms with Gasteiger partial charge in [-0.3, -0.25) is 9.10 Å². The van der Waals surface area contributed by atoms with E-state index < -0.39 is 22.5 Å². The molecule has 0 radical (unpaired) electrons. The third-order valence-corrected chi connectivity index (χ3v) is 6.99. The summed E-state index contributed by atoms with van der Waals surface area (Å²) >= 11 is 1.64. The minimum Gasteiger partial charge on any atom is -0.271 e. The maximum Gasteiger partial charge on any atom is 0.264 e. The number of benzene rings is 3. The van der Waals surface area contributed by atoms with E-state index in [1.165, 1.54) is 18.3 Å². The molecule has 3 aromatic carbocycles. The fourth-order valence-electron chi connectivity index (χ4n) is 2.78. The van der Waals surface area contributed by atoms with Gasteiger partial charge in [0.15, 0.2) is 0 Å². The normalized spacial score (nSPS) is 11.4. The molecule has 160 valence electrons. The molecule has 0 saturated carbocycles. The van der Waals surface area contributed by atoms with Crippen LogP contribution in [-0.2, 0) is 14.8 Å². The molecule has 0 fully saturated rings. The summed E-state index contributed by atoms with van der Waals surface area (Å²) in [4.78, 5) is 13.8. The van der Waals surface area contributed by atoms with Gasteiger partial charge in [-0.15, -0.1) is 11.8 Å². The van der Waals surface area contributed by atoms with Crippen LogP contribution in [0.15, 0.2) is 93.8 Å². The number of aryl methyl sites for hydroxylation is 1. The average Bonchev–Trinajstić information content (AvgIpc) is 2.79. The van der Waals surface area contributed by atoms with Crippen molar-refractivity contribution in [3.8, 4) is 0 Å². The average molecular weight is 454 g/mol. The number of amides is 1. The number of nitrogens with zero attached hydrogens (tertiary/aromatic N) is 2. The molecule has 0 atom stereocenters. The third-order valence-electron chi connectivity index (χ3n) is 4.46. The fourth-order valence-corrected chi connectivity index (χ4v) is 4.63. The molecule has 0 saturated heterocycles. The predicted molar refractivity (Wildman–Crippen MR) is 126 cm³/mol. The molecular formula is C23H23N3O3S2. The molecule has 0 bridgehead atoms. The van der Waals surface area contributed by atoms with E-state index in [4.69, 9.17) is 0 Å². The second kappa shape index (κ2) is 10.3. The Morgan fingerprint density at radius 2 is 1.65 bits per heavy atom. The maximum absolute atomic E-state index is 13.2. The SMILES string of the molecule is CSc1ccc(/C=N/NC(=O)CN(c2ccc(C)cc2)S(=O)(=O)c2ccccc2)cc1. The van der Waals surface area contributed by atoms with Crippen LogP contribution in [-0.4, -0.2) is 33.3 Å². The molecule has 0 aliphatic heterocycles. The van der Waals surface area contributed by atoms with Crippen LogP contribution < -0.4 is 9.73 Å². The zero-order valence-electron chi connectivity index (χ0n) is 17.2. The molecule has 31 heavy (non-hydrogen) atoms. The van der Waals surface area contributed by atoms with Gasteiger partial charge >= 0.3 is 0 Å². The van der Waals surface area contributed by atoms with E-state index >= 15 is 0 Å². The Labute approximate surface area is 187 Å². The van der Waals surface area contributed by atoms with Crippen molar-refractivity contribution in [1.82, 2.24) is 5.43 Å². The Kier molecular flexibility index (Phi) is 7.49. The first-order valence-electron chi connectivity index (χ1n) is 9.50. The van der Waals surface area contributed by atoms with Crippen LogP contribution >= 0.6 is 11.8 Å². The molecule has 6 nitrogen and oxygen atoms in total. The van der Waals surface area contributed by atoms with Crippen LogP contribution in [0.5, 0.6) is 0 Å². The number of carbonyl (C=O) groups excluding carboxylic acids is 1. The first kappa shape index (κ1) is 22.6. The lowest BCUT2D eigenvalue weighted by atomic mass is 10.2. The highest BCUT2D eigenvalue weighted by atomic mass is 32.2. The summed E-state index contributed by atoms with van der Waals surface area (Å²) in [6.45, 7) is 1.51. The number of sulfonamides is 1. The van der Waals surface area contributed by atoms with Gasteiger partial charge < -0.3 is 0 Å². The summed E-state index contributed by atoms with van der Waals surface area (Å²) in [5.41, 5.74) is 4.63. The van der Waals surface area contributed by atoms with Gasteiger partial charge in [-0.2, -0.15) is 5.10 Å². The van der Waals surface area contributed by atoms with Crippen LogP contribution in [0.1, 0.15) is 11.1 Å². The molecular weight excluding hydrogens is 430 g/mol. The third kappa shape index (κ3) is 5.96. The van der Waals surface area contributed by atoms with Gasteiger partial charge in [0.1, 0.15) is 6.54 Å². The molecule has 0 aliphatic rings. The predicted octanol–water partition coefficient (Wildman–Crippen LogP) is 4.06. The van der Waals surface area contributed by atoms with Crippen molar-refractivity contribution in [2.75, 3.05) is 17.1 Å². The number of hydrogen-bond acceptors (Lipinski definition) is 5. The summed E-state index contributed by atoms with van der Waals surface area (Å²) < 4.78 is 27.5. The van der Waals surface area contributed by atoms with Gasteiger partial charge in [0.2, 0.25) is 0 Å². The number of thioether (sulfide) groups is 1. The van der Waals surface area contributed by atoms with Gasteiger partial charge in [-0.25, -0.2) is 13.8 Å². The van der Waals surface area contributed by atoms with E-state index in [2.05, 4.69) is 10.5 Å². The molecule has 0 aliphatic carbocycles. The Bertz CT molecular complexity index is 1140. The van der Waals surface area contributed by atoms with E-state index in [1.54, 1.807) is 54.2 Å². The zero-order valence-corrected chi connectivity index (χ0v) is 18.9. The molecule has 8 heteroatoms. The second-order valence-corrected chi connectivity index (χ2v) is 9.47. The Balaban J connectivity index is 1.78. The monoisotopic (exact) mass is 453 g/mol. The molecule has 0 aromatic heterocycles. The number of hydrogen-bond donors (Lipinski definition) is 1. The van der Waals surface area contributed by atoms with Crippen molar-refractivity contribution in [2.24, 2.45) is 5.10 Å². The molecule has 0 unspecified atom stereocenters. The summed E-state index contributed by atoms with van der Waals surface area (Å²) in [5, 5.41) is 3.96. The zero-order chi connectivity index (χ0) is 22.3. The standard InChI is InChI=1S/C23H23N3O3S2/c1-18-8-12-20(13-9-18)26(31(28,29)22-6-4-3-5-7-22)17-23(27)25-24-16-19-10-14-21(30-2)15-11-19/h3-16H,17H2,1-2H3,(H,25,27)/b24-16+. The minimum atomic E-state index is -3.93. The largest absolute Gasteiger partial charge is 0.271 e. The van der Waals surface area contributed by atoms with Crippen molar-refractivity contribution in [2.45, 2.75) is 16.7 Å². The topological polar surface area (TPSA) is 78.8 Å². The van der Waals surface area contributed by atoms with E-state index in [0.29, 0.717) is 5.69 Å². The highest BCUT2D eigenvalue weighted by Gasteiger charge is 2.26. The van der Waals surface area contributed by atoms with Crippen LogP contribution in [0, 0.1) is 6.92 Å². The van der Waals surface area contributed by atoms with Crippen LogP contribution in [0.2, 0.25) is 0 Å². The highest BCUT2D eigenvalue weighted by molar-refractivity contribution is 7.98. The molecule has 1 N–H and O–H groups in total. The van der Waals surface area contributed by atoms with Crippen molar-refractivity contribution in [3.05, 3.63) is 90.0 Å². The molecule has 0 spiro atoms. The lowest BCUT2D eigenvalue weighted by molar-refractivity contribution is -0.119. The van der Waals surface area contributed by atoms with Crippen molar-refractivity contribution in [3.63, 3.8) is 0 Å². The molecule has 3 rings (SSSR count). The number of rotatable bonds is 8. The second-order valence-electron chi connectivity index (χ2n) is 6.73. The van der Waals surface area contributed by atoms with Crippen LogP contribution in [0.4, 0.5) is 5.69 Å². The fraction of sp³-hybridized carbons (Fsp3) is 0.130. The summed E-state index contributed by atoms with van der Waals surface area (Å²) in [5.74, 6) is -0.544.